The monoisotopic (exact) mass is 390 g/mol. The second-order valence-corrected chi connectivity index (χ2v) is 7.40. The summed E-state index contributed by atoms with van der Waals surface area (Å²) < 4.78 is 10.2. The van der Waals surface area contributed by atoms with E-state index in [1.807, 2.05) is 4.90 Å². The second kappa shape index (κ2) is 8.85. The molecule has 1 aliphatic heterocycles. The van der Waals surface area contributed by atoms with Crippen LogP contribution in [0, 0.1) is 0 Å². The molecule has 2 aromatic heterocycles. The summed E-state index contributed by atoms with van der Waals surface area (Å²) in [6.45, 7) is 2.52. The van der Waals surface area contributed by atoms with E-state index in [0.29, 0.717) is 9.88 Å². The van der Waals surface area contributed by atoms with E-state index in [-0.39, 0.29) is 24.3 Å². The van der Waals surface area contributed by atoms with E-state index in [9.17, 15) is 14.4 Å². The molecular weight excluding hydrogens is 368 g/mol. The molecular formula is C19H22N2O5S. The van der Waals surface area contributed by atoms with Gasteiger partial charge in [-0.3, -0.25) is 9.59 Å². The summed E-state index contributed by atoms with van der Waals surface area (Å²) in [5.41, 5.74) is 0. The van der Waals surface area contributed by atoms with E-state index >= 15 is 0 Å². The summed E-state index contributed by atoms with van der Waals surface area (Å²) in [4.78, 5) is 38.6. The Labute approximate surface area is 161 Å². The Morgan fingerprint density at radius 1 is 1.30 bits per heavy atom. The average Bonchev–Trinajstić information content (AvgIpc) is 3.38. The maximum atomic E-state index is 12.4. The molecule has 3 rings (SSSR count). The molecule has 1 unspecified atom stereocenters. The van der Waals surface area contributed by atoms with Crippen molar-refractivity contribution in [1.29, 1.82) is 0 Å². The normalized spacial score (nSPS) is 16.8. The summed E-state index contributed by atoms with van der Waals surface area (Å²) in [7, 11) is 0. The third-order valence-electron chi connectivity index (χ3n) is 4.53. The van der Waals surface area contributed by atoms with Crippen LogP contribution in [0.3, 0.4) is 0 Å². The fourth-order valence-electron chi connectivity index (χ4n) is 3.13. The largest absolute Gasteiger partial charge is 0.459 e. The molecule has 8 heteroatoms. The number of amides is 2. The Balaban J connectivity index is 1.52. The Hall–Kier alpha value is -2.61. The number of ether oxygens (including phenoxy) is 1. The topological polar surface area (TPSA) is 88.9 Å². The number of esters is 1. The molecule has 144 valence electrons. The minimum atomic E-state index is -0.572. The zero-order chi connectivity index (χ0) is 19.2. The van der Waals surface area contributed by atoms with Crippen LogP contribution in [0.5, 0.6) is 0 Å². The van der Waals surface area contributed by atoms with Gasteiger partial charge in [0, 0.05) is 12.6 Å². The first-order valence-electron chi connectivity index (χ1n) is 8.99. The maximum Gasteiger partial charge on any atom is 0.348 e. The van der Waals surface area contributed by atoms with E-state index in [2.05, 4.69) is 12.2 Å². The third kappa shape index (κ3) is 4.77. The number of hydrogen-bond donors (Lipinski definition) is 1. The lowest BCUT2D eigenvalue weighted by atomic mass is 10.00. The third-order valence-corrected chi connectivity index (χ3v) is 5.52. The molecule has 1 aliphatic rings. The van der Waals surface area contributed by atoms with Crippen LogP contribution in [0.4, 0.5) is 5.00 Å². The molecule has 0 aliphatic carbocycles. The zero-order valence-corrected chi connectivity index (χ0v) is 15.9. The molecule has 0 aromatic carbocycles. The number of likely N-dealkylation sites (tertiary alicyclic amines) is 1. The number of piperidine rings is 1. The van der Waals surface area contributed by atoms with Crippen molar-refractivity contribution in [2.75, 3.05) is 18.5 Å². The van der Waals surface area contributed by atoms with E-state index in [0.717, 1.165) is 43.6 Å². The lowest BCUT2D eigenvalue weighted by Crippen LogP contribution is -2.45. The molecule has 1 N–H and O–H groups in total. The summed E-state index contributed by atoms with van der Waals surface area (Å²) in [6.07, 6.45) is 5.43. The number of carbonyl (C=O) groups excluding carboxylic acids is 3. The number of anilines is 1. The minimum absolute atomic E-state index is 0.155. The van der Waals surface area contributed by atoms with Gasteiger partial charge in [0.15, 0.2) is 12.4 Å². The first-order valence-corrected chi connectivity index (χ1v) is 9.81. The molecule has 1 atom stereocenters. The fraction of sp³-hybridized carbons (Fsp3) is 0.421. The van der Waals surface area contributed by atoms with Gasteiger partial charge in [-0.2, -0.15) is 0 Å². The van der Waals surface area contributed by atoms with Crippen LogP contribution in [-0.4, -0.2) is 41.9 Å². The number of nitrogens with zero attached hydrogens (tertiary/aromatic N) is 1. The van der Waals surface area contributed by atoms with Gasteiger partial charge >= 0.3 is 5.97 Å². The number of rotatable bonds is 6. The molecule has 0 spiro atoms. The van der Waals surface area contributed by atoms with Crippen molar-refractivity contribution in [2.45, 2.75) is 38.6 Å². The predicted molar refractivity (Wildman–Crippen MR) is 101 cm³/mol. The van der Waals surface area contributed by atoms with Crippen LogP contribution in [-0.2, 0) is 9.53 Å². The van der Waals surface area contributed by atoms with Gasteiger partial charge in [-0.05, 0) is 49.9 Å². The minimum Gasteiger partial charge on any atom is -0.459 e. The van der Waals surface area contributed by atoms with Crippen molar-refractivity contribution in [3.05, 3.63) is 41.2 Å². The molecule has 0 saturated carbocycles. The summed E-state index contributed by atoms with van der Waals surface area (Å²) >= 11 is 1.09. The number of thiophene rings is 1. The highest BCUT2D eigenvalue weighted by atomic mass is 32.1. The van der Waals surface area contributed by atoms with E-state index < -0.39 is 11.9 Å². The smallest absolute Gasteiger partial charge is 0.348 e. The standard InChI is InChI=1S/C19H22N2O5S/c1-2-13-6-3-4-10-21(13)17(22)12-26-19(24)15-8-9-16(27-15)20-18(23)14-7-5-11-25-14/h5,7-9,11,13H,2-4,6,10,12H2,1H3,(H,20,23). The fourth-order valence-corrected chi connectivity index (χ4v) is 3.93. The molecule has 0 bridgehead atoms. The molecule has 3 heterocycles. The number of carbonyl (C=O) groups is 3. The Morgan fingerprint density at radius 3 is 2.89 bits per heavy atom. The molecule has 1 fully saturated rings. The van der Waals surface area contributed by atoms with Crippen LogP contribution in [0.2, 0.25) is 0 Å². The Kier molecular flexibility index (Phi) is 6.28. The van der Waals surface area contributed by atoms with Gasteiger partial charge in [-0.1, -0.05) is 6.92 Å². The lowest BCUT2D eigenvalue weighted by Gasteiger charge is -2.35. The van der Waals surface area contributed by atoms with Crippen LogP contribution in [0.15, 0.2) is 34.9 Å². The van der Waals surface area contributed by atoms with Crippen LogP contribution < -0.4 is 5.32 Å². The lowest BCUT2D eigenvalue weighted by molar-refractivity contribution is -0.138. The van der Waals surface area contributed by atoms with Crippen molar-refractivity contribution in [3.8, 4) is 0 Å². The van der Waals surface area contributed by atoms with Crippen molar-refractivity contribution in [3.63, 3.8) is 0 Å². The first kappa shape index (κ1) is 19.2. The van der Waals surface area contributed by atoms with Crippen LogP contribution >= 0.6 is 11.3 Å². The van der Waals surface area contributed by atoms with Gasteiger partial charge in [0.25, 0.3) is 11.8 Å². The van der Waals surface area contributed by atoms with Gasteiger partial charge in [-0.15, -0.1) is 11.3 Å². The van der Waals surface area contributed by atoms with Crippen LogP contribution in [0.25, 0.3) is 0 Å². The molecule has 1 saturated heterocycles. The van der Waals surface area contributed by atoms with Crippen molar-refractivity contribution in [1.82, 2.24) is 4.90 Å². The van der Waals surface area contributed by atoms with Gasteiger partial charge in [-0.25, -0.2) is 4.79 Å². The van der Waals surface area contributed by atoms with Gasteiger partial charge in [0.05, 0.1) is 11.3 Å². The van der Waals surface area contributed by atoms with E-state index in [4.69, 9.17) is 9.15 Å². The first-order chi connectivity index (χ1) is 13.1. The maximum absolute atomic E-state index is 12.4. The van der Waals surface area contributed by atoms with Crippen molar-refractivity contribution in [2.24, 2.45) is 0 Å². The van der Waals surface area contributed by atoms with Crippen molar-refractivity contribution >= 4 is 34.1 Å². The predicted octanol–water partition coefficient (Wildman–Crippen LogP) is 3.54. The average molecular weight is 390 g/mol. The summed E-state index contributed by atoms with van der Waals surface area (Å²) in [5, 5.41) is 3.15. The quantitative estimate of drug-likeness (QED) is 0.762. The number of nitrogens with one attached hydrogen (secondary N) is 1. The number of furan rings is 1. The summed E-state index contributed by atoms with van der Waals surface area (Å²) in [5.74, 6) is -0.938. The number of hydrogen-bond acceptors (Lipinski definition) is 6. The second-order valence-electron chi connectivity index (χ2n) is 6.32. The Bertz CT molecular complexity index is 799. The highest BCUT2D eigenvalue weighted by molar-refractivity contribution is 7.18. The summed E-state index contributed by atoms with van der Waals surface area (Å²) in [6, 6.07) is 6.57. The van der Waals surface area contributed by atoms with Crippen LogP contribution in [0.1, 0.15) is 52.8 Å². The van der Waals surface area contributed by atoms with Gasteiger partial charge in [0.1, 0.15) is 4.88 Å². The van der Waals surface area contributed by atoms with Gasteiger partial charge < -0.3 is 19.4 Å². The van der Waals surface area contributed by atoms with Crippen molar-refractivity contribution < 1.29 is 23.5 Å². The zero-order valence-electron chi connectivity index (χ0n) is 15.1. The highest BCUT2D eigenvalue weighted by Gasteiger charge is 2.26. The molecule has 7 nitrogen and oxygen atoms in total. The SMILES string of the molecule is CCC1CCCCN1C(=O)COC(=O)c1ccc(NC(=O)c2ccco2)s1. The van der Waals surface area contributed by atoms with E-state index in [1.165, 1.54) is 6.26 Å². The molecule has 27 heavy (non-hydrogen) atoms. The molecule has 2 amide bonds. The highest BCUT2D eigenvalue weighted by Crippen LogP contribution is 2.24. The molecule has 2 aromatic rings. The Morgan fingerprint density at radius 2 is 2.15 bits per heavy atom. The van der Waals surface area contributed by atoms with E-state index in [1.54, 1.807) is 24.3 Å². The molecule has 0 radical (unpaired) electrons. The van der Waals surface area contributed by atoms with Gasteiger partial charge in [0.2, 0.25) is 0 Å².